The van der Waals surface area contributed by atoms with Crippen LogP contribution in [-0.2, 0) is 6.42 Å². The van der Waals surface area contributed by atoms with Crippen LogP contribution < -0.4 is 10.1 Å². The number of benzene rings is 1. The first kappa shape index (κ1) is 12.1. The molecule has 1 aliphatic heterocycles. The first-order valence-corrected chi connectivity index (χ1v) is 6.34. The van der Waals surface area contributed by atoms with Gasteiger partial charge in [-0.05, 0) is 31.3 Å². The van der Waals surface area contributed by atoms with E-state index in [1.54, 1.807) is 12.3 Å². The van der Waals surface area contributed by atoms with Gasteiger partial charge in [-0.15, -0.1) is 0 Å². The Bertz CT molecular complexity index is 600. The van der Waals surface area contributed by atoms with Gasteiger partial charge in [-0.3, -0.25) is 4.98 Å². The van der Waals surface area contributed by atoms with Crippen molar-refractivity contribution in [3.63, 3.8) is 0 Å². The molecule has 1 aromatic carbocycles. The summed E-state index contributed by atoms with van der Waals surface area (Å²) >= 11 is 0. The van der Waals surface area contributed by atoms with Gasteiger partial charge in [0.25, 0.3) is 0 Å². The molecule has 0 bridgehead atoms. The number of hydrogen-bond acceptors (Lipinski definition) is 3. The number of likely N-dealkylation sites (N-methyl/N-ethyl adjacent to an activating group) is 1. The van der Waals surface area contributed by atoms with Crippen LogP contribution in [0.15, 0.2) is 36.5 Å². The van der Waals surface area contributed by atoms with Gasteiger partial charge < -0.3 is 10.1 Å². The van der Waals surface area contributed by atoms with Crippen molar-refractivity contribution >= 4 is 0 Å². The van der Waals surface area contributed by atoms with Crippen molar-refractivity contribution in [2.24, 2.45) is 0 Å². The lowest BCUT2D eigenvalue weighted by Crippen LogP contribution is -2.20. The molecule has 1 aromatic heterocycles. The maximum absolute atomic E-state index is 14.1. The van der Waals surface area contributed by atoms with E-state index in [0.29, 0.717) is 30.0 Å². The molecule has 3 rings (SSSR count). The predicted molar refractivity (Wildman–Crippen MR) is 71.1 cm³/mol. The minimum atomic E-state index is -0.217. The fourth-order valence-corrected chi connectivity index (χ4v) is 2.55. The summed E-state index contributed by atoms with van der Waals surface area (Å²) < 4.78 is 19.9. The number of rotatable bonds is 2. The zero-order valence-corrected chi connectivity index (χ0v) is 10.7. The average Bonchev–Trinajstić information content (AvgIpc) is 2.56. The van der Waals surface area contributed by atoms with Crippen molar-refractivity contribution in [1.29, 1.82) is 0 Å². The first-order valence-electron chi connectivity index (χ1n) is 6.34. The molecule has 1 aliphatic rings. The third kappa shape index (κ3) is 2.19. The molecule has 0 radical (unpaired) electrons. The van der Waals surface area contributed by atoms with Gasteiger partial charge in [0.1, 0.15) is 17.3 Å². The second kappa shape index (κ2) is 4.97. The van der Waals surface area contributed by atoms with Gasteiger partial charge in [-0.25, -0.2) is 4.39 Å². The standard InChI is InChI=1S/C15H15FN2O/c1-17-9-10-8-12-13(6-3-7-18-12)19-14-5-2-4-11(16)15(10)14/h2-7,10,17H,8-9H2,1H3/t10-/m1/s1. The van der Waals surface area contributed by atoms with E-state index in [2.05, 4.69) is 10.3 Å². The van der Waals surface area contributed by atoms with E-state index in [1.165, 1.54) is 6.07 Å². The fourth-order valence-electron chi connectivity index (χ4n) is 2.55. The van der Waals surface area contributed by atoms with Crippen LogP contribution >= 0.6 is 0 Å². The lowest BCUT2D eigenvalue weighted by atomic mass is 9.93. The van der Waals surface area contributed by atoms with Crippen molar-refractivity contribution in [2.75, 3.05) is 13.6 Å². The fraction of sp³-hybridized carbons (Fsp3) is 0.267. The average molecular weight is 258 g/mol. The van der Waals surface area contributed by atoms with E-state index in [0.717, 1.165) is 5.69 Å². The quantitative estimate of drug-likeness (QED) is 0.899. The zero-order valence-electron chi connectivity index (χ0n) is 10.7. The summed E-state index contributed by atoms with van der Waals surface area (Å²) in [5.41, 5.74) is 1.51. The number of nitrogens with zero attached hydrogens (tertiary/aromatic N) is 1. The molecule has 0 saturated heterocycles. The number of aromatic nitrogens is 1. The van der Waals surface area contributed by atoms with Crippen molar-refractivity contribution in [2.45, 2.75) is 12.3 Å². The molecule has 0 amide bonds. The maximum atomic E-state index is 14.1. The van der Waals surface area contributed by atoms with Gasteiger partial charge in [0, 0.05) is 30.6 Å². The van der Waals surface area contributed by atoms with Crippen molar-refractivity contribution in [1.82, 2.24) is 10.3 Å². The highest BCUT2D eigenvalue weighted by Gasteiger charge is 2.26. The summed E-state index contributed by atoms with van der Waals surface area (Å²) in [7, 11) is 1.87. The molecular weight excluding hydrogens is 243 g/mol. The molecule has 98 valence electrons. The maximum Gasteiger partial charge on any atom is 0.148 e. The Morgan fingerprint density at radius 3 is 3.00 bits per heavy atom. The molecule has 1 atom stereocenters. The van der Waals surface area contributed by atoms with Crippen LogP contribution in [0.1, 0.15) is 17.2 Å². The van der Waals surface area contributed by atoms with Gasteiger partial charge in [-0.1, -0.05) is 6.07 Å². The van der Waals surface area contributed by atoms with E-state index in [1.807, 2.05) is 25.2 Å². The molecule has 2 aromatic rings. The topological polar surface area (TPSA) is 34.2 Å². The van der Waals surface area contributed by atoms with Crippen molar-refractivity contribution in [3.05, 3.63) is 53.6 Å². The molecule has 0 aliphatic carbocycles. The largest absolute Gasteiger partial charge is 0.455 e. The highest BCUT2D eigenvalue weighted by Crippen LogP contribution is 2.39. The van der Waals surface area contributed by atoms with Gasteiger partial charge in [-0.2, -0.15) is 0 Å². The smallest absolute Gasteiger partial charge is 0.148 e. The molecule has 0 saturated carbocycles. The number of ether oxygens (including phenoxy) is 1. The normalized spacial score (nSPS) is 17.1. The third-order valence-corrected chi connectivity index (χ3v) is 3.38. The Morgan fingerprint density at radius 1 is 1.32 bits per heavy atom. The van der Waals surface area contributed by atoms with E-state index >= 15 is 0 Å². The minimum Gasteiger partial charge on any atom is -0.455 e. The van der Waals surface area contributed by atoms with Crippen LogP contribution in [0.5, 0.6) is 11.5 Å². The van der Waals surface area contributed by atoms with Gasteiger partial charge in [0.05, 0.1) is 5.69 Å². The second-order valence-electron chi connectivity index (χ2n) is 4.66. The number of hydrogen-bond donors (Lipinski definition) is 1. The molecular formula is C15H15FN2O. The summed E-state index contributed by atoms with van der Waals surface area (Å²) in [5.74, 6) is 1.11. The number of pyridine rings is 1. The molecule has 0 unspecified atom stereocenters. The monoisotopic (exact) mass is 258 g/mol. The molecule has 0 fully saturated rings. The highest BCUT2D eigenvalue weighted by molar-refractivity contribution is 5.45. The predicted octanol–water partition coefficient (Wildman–Crippen LogP) is 2.87. The second-order valence-corrected chi connectivity index (χ2v) is 4.66. The highest BCUT2D eigenvalue weighted by atomic mass is 19.1. The summed E-state index contributed by atoms with van der Waals surface area (Å²) in [4.78, 5) is 4.35. The SMILES string of the molecule is CNC[C@H]1Cc2ncccc2Oc2cccc(F)c21. The van der Waals surface area contributed by atoms with Crippen LogP contribution in [0.25, 0.3) is 0 Å². The number of nitrogens with one attached hydrogen (secondary N) is 1. The molecule has 19 heavy (non-hydrogen) atoms. The van der Waals surface area contributed by atoms with Crippen LogP contribution in [-0.4, -0.2) is 18.6 Å². The lowest BCUT2D eigenvalue weighted by Gasteiger charge is -2.16. The molecule has 4 heteroatoms. The Hall–Kier alpha value is -1.94. The van der Waals surface area contributed by atoms with Gasteiger partial charge in [0.15, 0.2) is 0 Å². The summed E-state index contributed by atoms with van der Waals surface area (Å²) in [6.07, 6.45) is 2.41. The van der Waals surface area contributed by atoms with Crippen LogP contribution in [0.2, 0.25) is 0 Å². The van der Waals surface area contributed by atoms with E-state index in [9.17, 15) is 4.39 Å². The Morgan fingerprint density at radius 2 is 2.16 bits per heavy atom. The Balaban J connectivity index is 2.13. The minimum absolute atomic E-state index is 0.0253. The molecule has 3 nitrogen and oxygen atoms in total. The number of fused-ring (bicyclic) bond motifs is 2. The Labute approximate surface area is 111 Å². The van der Waals surface area contributed by atoms with Crippen LogP contribution in [0.3, 0.4) is 0 Å². The molecule has 1 N–H and O–H groups in total. The van der Waals surface area contributed by atoms with Crippen LogP contribution in [0, 0.1) is 5.82 Å². The Kier molecular flexibility index (Phi) is 3.17. The van der Waals surface area contributed by atoms with Gasteiger partial charge >= 0.3 is 0 Å². The van der Waals surface area contributed by atoms with Gasteiger partial charge in [0.2, 0.25) is 0 Å². The summed E-state index contributed by atoms with van der Waals surface area (Å²) in [5, 5.41) is 3.11. The summed E-state index contributed by atoms with van der Waals surface area (Å²) in [6, 6.07) is 8.67. The van der Waals surface area contributed by atoms with Crippen molar-refractivity contribution < 1.29 is 9.13 Å². The van der Waals surface area contributed by atoms with E-state index in [-0.39, 0.29) is 11.7 Å². The van der Waals surface area contributed by atoms with Crippen LogP contribution in [0.4, 0.5) is 4.39 Å². The van der Waals surface area contributed by atoms with Crippen molar-refractivity contribution in [3.8, 4) is 11.5 Å². The third-order valence-electron chi connectivity index (χ3n) is 3.38. The number of halogens is 1. The lowest BCUT2D eigenvalue weighted by molar-refractivity contribution is 0.466. The van der Waals surface area contributed by atoms with E-state index in [4.69, 9.17) is 4.74 Å². The summed E-state index contributed by atoms with van der Waals surface area (Å²) in [6.45, 7) is 0.688. The zero-order chi connectivity index (χ0) is 13.2. The van der Waals surface area contributed by atoms with E-state index < -0.39 is 0 Å². The first-order chi connectivity index (χ1) is 9.29. The molecule has 0 spiro atoms. The molecule has 2 heterocycles.